The van der Waals surface area contributed by atoms with Crippen LogP contribution < -0.4 is 21.5 Å². The molecule has 4 N–H and O–H groups in total. The molecule has 1 heterocycles. The molecular weight excluding hydrogens is 336 g/mol. The summed E-state index contributed by atoms with van der Waals surface area (Å²) in [6, 6.07) is 8.99. The Bertz CT molecular complexity index is 772. The predicted molar refractivity (Wildman–Crippen MR) is 96.3 cm³/mol. The molecule has 3 amide bonds. The summed E-state index contributed by atoms with van der Waals surface area (Å²) in [6.07, 6.45) is 1.42. The number of benzene rings is 1. The van der Waals surface area contributed by atoms with Crippen LogP contribution in [0, 0.1) is 13.8 Å². The normalized spacial score (nSPS) is 10.1. The van der Waals surface area contributed by atoms with Crippen LogP contribution in [0.5, 0.6) is 0 Å². The van der Waals surface area contributed by atoms with Gasteiger partial charge < -0.3 is 15.1 Å². The van der Waals surface area contributed by atoms with E-state index in [1.165, 1.54) is 12.3 Å². The lowest BCUT2D eigenvalue weighted by molar-refractivity contribution is -0.127. The molecule has 2 aromatic rings. The van der Waals surface area contributed by atoms with E-state index in [0.29, 0.717) is 0 Å². The molecule has 0 aliphatic rings. The number of carbonyl (C=O) groups is 3. The monoisotopic (exact) mass is 358 g/mol. The number of aryl methyl sites for hydroxylation is 2. The first-order valence-corrected chi connectivity index (χ1v) is 8.16. The molecule has 0 saturated carbocycles. The average molecular weight is 358 g/mol. The van der Waals surface area contributed by atoms with Gasteiger partial charge in [-0.2, -0.15) is 0 Å². The number of nitrogens with one attached hydrogen (secondary N) is 4. The molecular formula is C18H22N4O4. The minimum atomic E-state index is -0.412. The molecule has 0 saturated heterocycles. The molecule has 0 bridgehead atoms. The van der Waals surface area contributed by atoms with E-state index < -0.39 is 11.8 Å². The Morgan fingerprint density at radius 2 is 1.81 bits per heavy atom. The second-order valence-corrected chi connectivity index (χ2v) is 5.75. The van der Waals surface area contributed by atoms with Gasteiger partial charge in [0.1, 0.15) is 0 Å². The van der Waals surface area contributed by atoms with Gasteiger partial charge in [-0.05, 0) is 37.6 Å². The van der Waals surface area contributed by atoms with E-state index in [1.54, 1.807) is 6.07 Å². The number of furan rings is 1. The molecule has 138 valence electrons. The zero-order chi connectivity index (χ0) is 18.9. The third-order valence-electron chi connectivity index (χ3n) is 3.55. The number of anilines is 1. The second kappa shape index (κ2) is 9.26. The second-order valence-electron chi connectivity index (χ2n) is 5.75. The van der Waals surface area contributed by atoms with Crippen LogP contribution in [-0.4, -0.2) is 30.8 Å². The first-order valence-electron chi connectivity index (χ1n) is 8.16. The van der Waals surface area contributed by atoms with Crippen molar-refractivity contribution in [3.8, 4) is 0 Å². The van der Waals surface area contributed by atoms with Gasteiger partial charge in [0.2, 0.25) is 5.91 Å². The minimum absolute atomic E-state index is 0.0250. The number of hydrogen-bond acceptors (Lipinski definition) is 5. The van der Waals surface area contributed by atoms with Crippen molar-refractivity contribution in [3.63, 3.8) is 0 Å². The topological polar surface area (TPSA) is 112 Å². The Morgan fingerprint density at radius 3 is 2.50 bits per heavy atom. The van der Waals surface area contributed by atoms with Gasteiger partial charge in [0, 0.05) is 18.7 Å². The summed E-state index contributed by atoms with van der Waals surface area (Å²) in [5.41, 5.74) is 7.65. The Morgan fingerprint density at radius 1 is 1.04 bits per heavy atom. The third-order valence-corrected chi connectivity index (χ3v) is 3.55. The van der Waals surface area contributed by atoms with Gasteiger partial charge in [0.05, 0.1) is 12.8 Å². The van der Waals surface area contributed by atoms with Crippen molar-refractivity contribution >= 4 is 23.4 Å². The fourth-order valence-corrected chi connectivity index (χ4v) is 2.22. The lowest BCUT2D eigenvalue weighted by Crippen LogP contribution is -2.45. The fourth-order valence-electron chi connectivity index (χ4n) is 2.22. The maximum absolute atomic E-state index is 11.8. The smallest absolute Gasteiger partial charge is 0.286 e. The van der Waals surface area contributed by atoms with Crippen LogP contribution in [0.4, 0.5) is 5.69 Å². The van der Waals surface area contributed by atoms with Crippen LogP contribution in [0.3, 0.4) is 0 Å². The van der Waals surface area contributed by atoms with Crippen LogP contribution in [0.15, 0.2) is 41.0 Å². The molecule has 0 fully saturated rings. The van der Waals surface area contributed by atoms with Crippen LogP contribution in [0.1, 0.15) is 28.1 Å². The van der Waals surface area contributed by atoms with Gasteiger partial charge in [-0.1, -0.05) is 17.7 Å². The molecule has 2 rings (SSSR count). The van der Waals surface area contributed by atoms with Crippen molar-refractivity contribution in [1.29, 1.82) is 0 Å². The van der Waals surface area contributed by atoms with Gasteiger partial charge in [-0.15, -0.1) is 0 Å². The third kappa shape index (κ3) is 5.97. The zero-order valence-electron chi connectivity index (χ0n) is 14.7. The summed E-state index contributed by atoms with van der Waals surface area (Å²) in [5.74, 6) is -1.01. The summed E-state index contributed by atoms with van der Waals surface area (Å²) in [5, 5.41) is 5.55. The Kier molecular flexibility index (Phi) is 6.78. The number of carbonyl (C=O) groups excluding carboxylic acids is 3. The van der Waals surface area contributed by atoms with Crippen molar-refractivity contribution in [2.24, 2.45) is 0 Å². The first-order chi connectivity index (χ1) is 12.5. The number of hydrogen-bond donors (Lipinski definition) is 4. The molecule has 0 unspecified atom stereocenters. The van der Waals surface area contributed by atoms with Gasteiger partial charge in [-0.3, -0.25) is 25.2 Å². The molecule has 0 aliphatic carbocycles. The molecule has 8 heteroatoms. The quantitative estimate of drug-likeness (QED) is 0.557. The summed E-state index contributed by atoms with van der Waals surface area (Å²) in [4.78, 5) is 35.0. The first kappa shape index (κ1) is 19.0. The van der Waals surface area contributed by atoms with E-state index in [9.17, 15) is 14.4 Å². The molecule has 26 heavy (non-hydrogen) atoms. The Labute approximate surface area is 151 Å². The number of hydrazine groups is 1. The minimum Gasteiger partial charge on any atom is -0.459 e. The van der Waals surface area contributed by atoms with Gasteiger partial charge in [0.25, 0.3) is 11.8 Å². The highest BCUT2D eigenvalue weighted by molar-refractivity contribution is 5.91. The summed E-state index contributed by atoms with van der Waals surface area (Å²) in [7, 11) is 0. The molecule has 1 aromatic heterocycles. The zero-order valence-corrected chi connectivity index (χ0v) is 14.7. The van der Waals surface area contributed by atoms with E-state index in [4.69, 9.17) is 4.42 Å². The van der Waals surface area contributed by atoms with Crippen molar-refractivity contribution in [3.05, 3.63) is 53.5 Å². The summed E-state index contributed by atoms with van der Waals surface area (Å²) >= 11 is 0. The molecule has 1 aromatic carbocycles. The van der Waals surface area contributed by atoms with Crippen molar-refractivity contribution in [2.45, 2.75) is 20.3 Å². The molecule has 0 aliphatic heterocycles. The van der Waals surface area contributed by atoms with Gasteiger partial charge >= 0.3 is 0 Å². The predicted octanol–water partition coefficient (Wildman–Crippen LogP) is 1.28. The van der Waals surface area contributed by atoms with Gasteiger partial charge in [0.15, 0.2) is 5.76 Å². The Balaban J connectivity index is 1.62. The van der Waals surface area contributed by atoms with E-state index in [-0.39, 0.29) is 31.2 Å². The maximum atomic E-state index is 11.8. The van der Waals surface area contributed by atoms with Crippen LogP contribution >= 0.6 is 0 Å². The highest BCUT2D eigenvalue weighted by Gasteiger charge is 2.09. The molecule has 8 nitrogen and oxygen atoms in total. The fraction of sp³-hybridized carbons (Fsp3) is 0.278. The SMILES string of the molecule is Cc1ccc(NCC(=O)NNC(=O)CCNC(=O)c2ccco2)c(C)c1. The molecule has 0 spiro atoms. The standard InChI is InChI=1S/C18H22N4O4/c1-12-5-6-14(13(2)10-12)20-11-17(24)22-21-16(23)7-8-19-18(25)15-4-3-9-26-15/h3-6,9-10,20H,7-8,11H2,1-2H3,(H,19,25)(H,21,23)(H,22,24). The maximum Gasteiger partial charge on any atom is 0.286 e. The lowest BCUT2D eigenvalue weighted by atomic mass is 10.1. The summed E-state index contributed by atoms with van der Waals surface area (Å²) < 4.78 is 4.93. The van der Waals surface area contributed by atoms with Crippen LogP contribution in [-0.2, 0) is 9.59 Å². The average Bonchev–Trinajstić information content (AvgIpc) is 3.14. The largest absolute Gasteiger partial charge is 0.459 e. The van der Waals surface area contributed by atoms with Crippen LogP contribution in [0.2, 0.25) is 0 Å². The number of amides is 3. The number of rotatable bonds is 7. The molecule has 0 radical (unpaired) electrons. The molecule has 0 atom stereocenters. The lowest BCUT2D eigenvalue weighted by Gasteiger charge is -2.11. The van der Waals surface area contributed by atoms with Crippen molar-refractivity contribution in [1.82, 2.24) is 16.2 Å². The van der Waals surface area contributed by atoms with Crippen LogP contribution in [0.25, 0.3) is 0 Å². The Hall–Kier alpha value is -3.29. The van der Waals surface area contributed by atoms with Crippen molar-refractivity contribution < 1.29 is 18.8 Å². The van der Waals surface area contributed by atoms with E-state index >= 15 is 0 Å². The van der Waals surface area contributed by atoms with Crippen molar-refractivity contribution in [2.75, 3.05) is 18.4 Å². The summed E-state index contributed by atoms with van der Waals surface area (Å²) in [6.45, 7) is 4.10. The van der Waals surface area contributed by atoms with E-state index in [2.05, 4.69) is 21.5 Å². The van der Waals surface area contributed by atoms with E-state index in [0.717, 1.165) is 16.8 Å². The van der Waals surface area contributed by atoms with E-state index in [1.807, 2.05) is 32.0 Å². The highest BCUT2D eigenvalue weighted by atomic mass is 16.3. The van der Waals surface area contributed by atoms with Gasteiger partial charge in [-0.25, -0.2) is 0 Å². The highest BCUT2D eigenvalue weighted by Crippen LogP contribution is 2.15.